The van der Waals surface area contributed by atoms with E-state index in [0.29, 0.717) is 0 Å². The predicted octanol–water partition coefficient (Wildman–Crippen LogP) is 1.82. The summed E-state index contributed by atoms with van der Waals surface area (Å²) in [6.45, 7) is 1.60. The molecule has 78 valence electrons. The lowest BCUT2D eigenvalue weighted by Gasteiger charge is -2.16. The summed E-state index contributed by atoms with van der Waals surface area (Å²) in [5.41, 5.74) is 0. The first-order chi connectivity index (χ1) is 5.85. The molecule has 0 fully saturated rings. The van der Waals surface area contributed by atoms with Gasteiger partial charge < -0.3 is 9.84 Å². The summed E-state index contributed by atoms with van der Waals surface area (Å²) < 4.78 is 40.0. The van der Waals surface area contributed by atoms with E-state index in [1.54, 1.807) is 0 Å². The van der Waals surface area contributed by atoms with Crippen LogP contribution in [-0.4, -0.2) is 30.0 Å². The van der Waals surface area contributed by atoms with Crippen molar-refractivity contribution in [2.75, 3.05) is 6.61 Å². The Kier molecular flexibility index (Phi) is 4.76. The van der Waals surface area contributed by atoms with E-state index >= 15 is 0 Å². The molecule has 0 heterocycles. The van der Waals surface area contributed by atoms with Crippen LogP contribution in [0, 0.1) is 0 Å². The van der Waals surface area contributed by atoms with Crippen molar-refractivity contribution in [1.29, 1.82) is 0 Å². The first kappa shape index (κ1) is 12.2. The second-order valence-corrected chi connectivity index (χ2v) is 2.49. The first-order valence-electron chi connectivity index (χ1n) is 3.75. The number of carboxylic acids is 1. The highest BCUT2D eigenvalue weighted by Crippen LogP contribution is 2.24. The van der Waals surface area contributed by atoms with Crippen molar-refractivity contribution >= 4 is 5.97 Å². The fourth-order valence-corrected chi connectivity index (χ4v) is 0.879. The van der Waals surface area contributed by atoms with Crippen LogP contribution in [0.3, 0.4) is 0 Å². The van der Waals surface area contributed by atoms with Crippen molar-refractivity contribution in [3.8, 4) is 0 Å². The molecular formula is C7H11F3O3. The van der Waals surface area contributed by atoms with Crippen LogP contribution in [0.15, 0.2) is 0 Å². The zero-order valence-corrected chi connectivity index (χ0v) is 7.10. The topological polar surface area (TPSA) is 46.5 Å². The van der Waals surface area contributed by atoms with Gasteiger partial charge in [0.1, 0.15) is 0 Å². The van der Waals surface area contributed by atoms with Crippen molar-refractivity contribution in [3.63, 3.8) is 0 Å². The monoisotopic (exact) mass is 200 g/mol. The van der Waals surface area contributed by atoms with Gasteiger partial charge in [-0.1, -0.05) is 0 Å². The van der Waals surface area contributed by atoms with Gasteiger partial charge in [0, 0.05) is 6.61 Å². The van der Waals surface area contributed by atoms with Crippen LogP contribution in [0.5, 0.6) is 0 Å². The molecule has 0 saturated heterocycles. The lowest BCUT2D eigenvalue weighted by atomic mass is 10.2. The Morgan fingerprint density at radius 3 is 2.38 bits per heavy atom. The third-order valence-corrected chi connectivity index (χ3v) is 1.26. The summed E-state index contributed by atoms with van der Waals surface area (Å²) in [7, 11) is 0. The fourth-order valence-electron chi connectivity index (χ4n) is 0.879. The molecule has 0 aliphatic rings. The summed E-state index contributed by atoms with van der Waals surface area (Å²) >= 11 is 0. The van der Waals surface area contributed by atoms with Crippen LogP contribution in [0.1, 0.15) is 19.8 Å². The molecule has 0 rings (SSSR count). The Balaban J connectivity index is 4.01. The van der Waals surface area contributed by atoms with Crippen molar-refractivity contribution in [1.82, 2.24) is 0 Å². The normalized spacial score (nSPS) is 14.2. The van der Waals surface area contributed by atoms with E-state index in [1.165, 1.54) is 6.92 Å². The molecule has 0 spiro atoms. The molecule has 3 nitrogen and oxygen atoms in total. The number of aliphatic carboxylic acids is 1. The van der Waals surface area contributed by atoms with Gasteiger partial charge in [-0.25, -0.2) is 0 Å². The third-order valence-electron chi connectivity index (χ3n) is 1.26. The molecule has 0 aromatic carbocycles. The lowest BCUT2D eigenvalue weighted by Crippen LogP contribution is -2.25. The molecule has 0 aromatic rings. The molecule has 0 aromatic heterocycles. The lowest BCUT2D eigenvalue weighted by molar-refractivity contribution is -0.165. The van der Waals surface area contributed by atoms with Crippen LogP contribution in [-0.2, 0) is 9.53 Å². The van der Waals surface area contributed by atoms with E-state index in [4.69, 9.17) is 5.11 Å². The Morgan fingerprint density at radius 2 is 2.08 bits per heavy atom. The van der Waals surface area contributed by atoms with E-state index in [0.717, 1.165) is 0 Å². The summed E-state index contributed by atoms with van der Waals surface area (Å²) in [6, 6.07) is 0. The van der Waals surface area contributed by atoms with Gasteiger partial charge in [0.2, 0.25) is 0 Å². The number of alkyl halides is 3. The second kappa shape index (κ2) is 5.06. The molecule has 1 N–H and O–H groups in total. The highest BCUT2D eigenvalue weighted by molar-refractivity contribution is 5.67. The standard InChI is InChI=1S/C7H11F3O3/c1-2-13-5(3-6(11)12)4-7(8,9)10/h5H,2-4H2,1H3,(H,11,12). The Morgan fingerprint density at radius 1 is 1.54 bits per heavy atom. The maximum atomic E-state index is 11.8. The number of ether oxygens (including phenoxy) is 1. The van der Waals surface area contributed by atoms with Gasteiger partial charge in [-0.2, -0.15) is 13.2 Å². The largest absolute Gasteiger partial charge is 0.481 e. The molecule has 1 unspecified atom stereocenters. The SMILES string of the molecule is CCOC(CC(=O)O)CC(F)(F)F. The van der Waals surface area contributed by atoms with E-state index < -0.39 is 31.1 Å². The van der Waals surface area contributed by atoms with Crippen LogP contribution in [0.25, 0.3) is 0 Å². The smallest absolute Gasteiger partial charge is 0.391 e. The molecular weight excluding hydrogens is 189 g/mol. The molecule has 0 aliphatic heterocycles. The van der Waals surface area contributed by atoms with E-state index in [2.05, 4.69) is 4.74 Å². The number of hydrogen-bond acceptors (Lipinski definition) is 2. The first-order valence-corrected chi connectivity index (χ1v) is 3.75. The molecule has 0 amide bonds. The number of carbonyl (C=O) groups is 1. The van der Waals surface area contributed by atoms with E-state index in [9.17, 15) is 18.0 Å². The van der Waals surface area contributed by atoms with Crippen LogP contribution >= 0.6 is 0 Å². The van der Waals surface area contributed by atoms with Crippen LogP contribution < -0.4 is 0 Å². The highest BCUT2D eigenvalue weighted by Gasteiger charge is 2.33. The van der Waals surface area contributed by atoms with Crippen LogP contribution in [0.4, 0.5) is 13.2 Å². The van der Waals surface area contributed by atoms with Gasteiger partial charge in [-0.3, -0.25) is 4.79 Å². The summed E-state index contributed by atoms with van der Waals surface area (Å²) in [4.78, 5) is 10.1. The van der Waals surface area contributed by atoms with E-state index in [-0.39, 0.29) is 6.61 Å². The number of halogens is 3. The minimum atomic E-state index is -4.38. The molecule has 0 saturated carbocycles. The van der Waals surface area contributed by atoms with Gasteiger partial charge in [-0.15, -0.1) is 0 Å². The van der Waals surface area contributed by atoms with Crippen molar-refractivity contribution < 1.29 is 27.8 Å². The number of rotatable bonds is 5. The summed E-state index contributed by atoms with van der Waals surface area (Å²) in [5, 5.41) is 8.26. The number of hydrogen-bond donors (Lipinski definition) is 1. The zero-order valence-electron chi connectivity index (χ0n) is 7.10. The minimum absolute atomic E-state index is 0.0774. The average molecular weight is 200 g/mol. The second-order valence-electron chi connectivity index (χ2n) is 2.49. The molecule has 0 aliphatic carbocycles. The quantitative estimate of drug-likeness (QED) is 0.736. The summed E-state index contributed by atoms with van der Waals surface area (Å²) in [5.74, 6) is -1.29. The van der Waals surface area contributed by atoms with Crippen LogP contribution in [0.2, 0.25) is 0 Å². The molecule has 0 radical (unpaired) electrons. The van der Waals surface area contributed by atoms with Crippen molar-refractivity contribution in [2.45, 2.75) is 32.0 Å². The Bertz CT molecular complexity index is 167. The maximum absolute atomic E-state index is 11.8. The van der Waals surface area contributed by atoms with E-state index in [1.807, 2.05) is 0 Å². The minimum Gasteiger partial charge on any atom is -0.481 e. The van der Waals surface area contributed by atoms with Gasteiger partial charge in [0.15, 0.2) is 0 Å². The molecule has 0 bridgehead atoms. The van der Waals surface area contributed by atoms with Crippen molar-refractivity contribution in [2.24, 2.45) is 0 Å². The Labute approximate surface area is 73.5 Å². The maximum Gasteiger partial charge on any atom is 0.391 e. The van der Waals surface area contributed by atoms with Crippen molar-refractivity contribution in [3.05, 3.63) is 0 Å². The van der Waals surface area contributed by atoms with Gasteiger partial charge in [0.05, 0.1) is 18.9 Å². The predicted molar refractivity (Wildman–Crippen MR) is 38.3 cm³/mol. The molecule has 1 atom stereocenters. The highest BCUT2D eigenvalue weighted by atomic mass is 19.4. The van der Waals surface area contributed by atoms with Gasteiger partial charge in [0.25, 0.3) is 0 Å². The summed E-state index contributed by atoms with van der Waals surface area (Å²) in [6.07, 6.45) is -7.49. The van der Waals surface area contributed by atoms with Gasteiger partial charge >= 0.3 is 12.1 Å². The fraction of sp³-hybridized carbons (Fsp3) is 0.857. The Hall–Kier alpha value is -0.780. The average Bonchev–Trinajstić information content (AvgIpc) is 1.81. The molecule has 13 heavy (non-hydrogen) atoms. The third kappa shape index (κ3) is 7.58. The zero-order chi connectivity index (χ0) is 10.5. The molecule has 6 heteroatoms. The van der Waals surface area contributed by atoms with Gasteiger partial charge in [-0.05, 0) is 6.92 Å². The number of carboxylic acid groups (broad SMARTS) is 1.